The first-order valence-corrected chi connectivity index (χ1v) is 11.3. The fourth-order valence-corrected chi connectivity index (χ4v) is 3.70. The maximum atomic E-state index is 12.3. The van der Waals surface area contributed by atoms with Crippen LogP contribution in [0.25, 0.3) is 0 Å². The summed E-state index contributed by atoms with van der Waals surface area (Å²) in [6, 6.07) is 8.59. The second-order valence-corrected chi connectivity index (χ2v) is 7.67. The first kappa shape index (κ1) is 23.5. The van der Waals surface area contributed by atoms with Gasteiger partial charge in [-0.1, -0.05) is 0 Å². The fraction of sp³-hybridized carbons (Fsp3) is 0.478. The zero-order valence-electron chi connectivity index (χ0n) is 19.0. The molecule has 0 unspecified atom stereocenters. The summed E-state index contributed by atoms with van der Waals surface area (Å²) < 4.78 is 0. The van der Waals surface area contributed by atoms with Gasteiger partial charge in [-0.25, -0.2) is 14.8 Å². The first-order chi connectivity index (χ1) is 15.6. The highest BCUT2D eigenvalue weighted by Crippen LogP contribution is 2.12. The average Bonchev–Trinajstić information content (AvgIpc) is 2.84. The molecule has 0 atom stereocenters. The number of piperazine rings is 1. The zero-order valence-corrected chi connectivity index (χ0v) is 19.0. The molecule has 0 saturated carbocycles. The SMILES string of the molecule is CCN(CC)C(=O)c1ccc(NC(=O)NCCCN2CCN(c3ncccn3)CC2)cc1. The van der Waals surface area contributed by atoms with Crippen LogP contribution in [0.1, 0.15) is 30.6 Å². The Kier molecular flexibility index (Phi) is 8.79. The summed E-state index contributed by atoms with van der Waals surface area (Å²) in [5, 5.41) is 5.72. The minimum atomic E-state index is -0.237. The van der Waals surface area contributed by atoms with Gasteiger partial charge >= 0.3 is 6.03 Å². The second-order valence-electron chi connectivity index (χ2n) is 7.67. The molecule has 1 aromatic carbocycles. The van der Waals surface area contributed by atoms with Crippen molar-refractivity contribution in [1.29, 1.82) is 0 Å². The van der Waals surface area contributed by atoms with Crippen molar-refractivity contribution in [3.05, 3.63) is 48.3 Å². The van der Waals surface area contributed by atoms with Gasteiger partial charge in [0.05, 0.1) is 0 Å². The number of carbonyl (C=O) groups excluding carboxylic acids is 2. The van der Waals surface area contributed by atoms with Gasteiger partial charge in [0.25, 0.3) is 5.91 Å². The van der Waals surface area contributed by atoms with Crippen LogP contribution in [0.3, 0.4) is 0 Å². The van der Waals surface area contributed by atoms with Crippen LogP contribution >= 0.6 is 0 Å². The Morgan fingerprint density at radius 2 is 1.66 bits per heavy atom. The Labute approximate surface area is 189 Å². The predicted octanol–water partition coefficient (Wildman–Crippen LogP) is 2.29. The summed E-state index contributed by atoms with van der Waals surface area (Å²) >= 11 is 0. The fourth-order valence-electron chi connectivity index (χ4n) is 3.70. The Bertz CT molecular complexity index is 848. The lowest BCUT2D eigenvalue weighted by Crippen LogP contribution is -2.47. The number of anilines is 2. The summed E-state index contributed by atoms with van der Waals surface area (Å²) in [4.78, 5) is 39.5. The van der Waals surface area contributed by atoms with Gasteiger partial charge in [0.1, 0.15) is 0 Å². The molecule has 2 aromatic rings. The van der Waals surface area contributed by atoms with E-state index in [-0.39, 0.29) is 11.9 Å². The van der Waals surface area contributed by atoms with Crippen molar-refractivity contribution in [1.82, 2.24) is 25.1 Å². The molecule has 0 aliphatic carbocycles. The van der Waals surface area contributed by atoms with Crippen LogP contribution in [0.5, 0.6) is 0 Å². The molecule has 0 radical (unpaired) electrons. The van der Waals surface area contributed by atoms with Gasteiger partial charge < -0.3 is 20.4 Å². The average molecular weight is 440 g/mol. The van der Waals surface area contributed by atoms with E-state index in [0.717, 1.165) is 45.1 Å². The van der Waals surface area contributed by atoms with Crippen LogP contribution in [-0.2, 0) is 0 Å². The lowest BCUT2D eigenvalue weighted by atomic mass is 10.2. The van der Waals surface area contributed by atoms with Gasteiger partial charge in [-0.2, -0.15) is 0 Å². The number of carbonyl (C=O) groups is 2. The van der Waals surface area contributed by atoms with Crippen molar-refractivity contribution in [2.75, 3.05) is 62.6 Å². The molecule has 0 bridgehead atoms. The summed E-state index contributed by atoms with van der Waals surface area (Å²) in [5.74, 6) is 0.791. The molecule has 1 aliphatic rings. The van der Waals surface area contributed by atoms with Crippen molar-refractivity contribution in [3.8, 4) is 0 Å². The molecule has 9 heteroatoms. The molecule has 3 amide bonds. The largest absolute Gasteiger partial charge is 0.339 e. The van der Waals surface area contributed by atoms with Gasteiger partial charge in [-0.3, -0.25) is 9.69 Å². The topological polar surface area (TPSA) is 93.7 Å². The van der Waals surface area contributed by atoms with E-state index in [0.29, 0.717) is 30.9 Å². The highest BCUT2D eigenvalue weighted by Gasteiger charge is 2.18. The third-order valence-electron chi connectivity index (χ3n) is 5.58. The van der Waals surface area contributed by atoms with Crippen molar-refractivity contribution >= 4 is 23.6 Å². The molecule has 32 heavy (non-hydrogen) atoms. The van der Waals surface area contributed by atoms with Crippen molar-refractivity contribution in [2.45, 2.75) is 20.3 Å². The molecule has 172 valence electrons. The Morgan fingerprint density at radius 3 is 2.28 bits per heavy atom. The number of nitrogens with one attached hydrogen (secondary N) is 2. The van der Waals surface area contributed by atoms with Crippen LogP contribution in [0, 0.1) is 0 Å². The van der Waals surface area contributed by atoms with E-state index in [4.69, 9.17) is 0 Å². The molecular formula is C23H33N7O2. The van der Waals surface area contributed by atoms with Crippen molar-refractivity contribution in [2.24, 2.45) is 0 Å². The number of hydrogen-bond acceptors (Lipinski definition) is 6. The highest BCUT2D eigenvalue weighted by atomic mass is 16.2. The number of nitrogens with zero attached hydrogens (tertiary/aromatic N) is 5. The van der Waals surface area contributed by atoms with Gasteiger partial charge in [0.15, 0.2) is 0 Å². The molecule has 1 aromatic heterocycles. The standard InChI is InChI=1S/C23H33N7O2/c1-3-29(4-2)21(31)19-7-9-20(10-8-19)27-23(32)26-13-6-14-28-15-17-30(18-16-28)22-24-11-5-12-25-22/h5,7-12H,3-4,6,13-18H2,1-2H3,(H2,26,27,32). The first-order valence-electron chi connectivity index (χ1n) is 11.3. The zero-order chi connectivity index (χ0) is 22.8. The number of amides is 3. The molecule has 3 rings (SSSR count). The highest BCUT2D eigenvalue weighted by molar-refractivity contribution is 5.95. The van der Waals surface area contributed by atoms with Gasteiger partial charge in [-0.05, 0) is 57.1 Å². The van der Waals surface area contributed by atoms with E-state index in [1.54, 1.807) is 41.6 Å². The minimum absolute atomic E-state index is 0.00290. The normalized spacial score (nSPS) is 14.1. The number of rotatable bonds is 9. The van der Waals surface area contributed by atoms with Gasteiger partial charge in [0, 0.05) is 69.5 Å². The molecule has 0 spiro atoms. The van der Waals surface area contributed by atoms with Crippen LogP contribution in [0.15, 0.2) is 42.7 Å². The minimum Gasteiger partial charge on any atom is -0.339 e. The van der Waals surface area contributed by atoms with E-state index in [9.17, 15) is 9.59 Å². The molecule has 1 aliphatic heterocycles. The molecule has 2 N–H and O–H groups in total. The van der Waals surface area contributed by atoms with E-state index >= 15 is 0 Å². The maximum Gasteiger partial charge on any atom is 0.319 e. The molecule has 2 heterocycles. The molecule has 1 fully saturated rings. The summed E-state index contributed by atoms with van der Waals surface area (Å²) in [7, 11) is 0. The van der Waals surface area contributed by atoms with Crippen LogP contribution in [0.4, 0.5) is 16.4 Å². The number of aromatic nitrogens is 2. The van der Waals surface area contributed by atoms with Crippen molar-refractivity contribution in [3.63, 3.8) is 0 Å². The summed E-state index contributed by atoms with van der Waals surface area (Å²) in [6.45, 7) is 10.5. The van der Waals surface area contributed by atoms with E-state index < -0.39 is 0 Å². The molecule has 9 nitrogen and oxygen atoms in total. The monoisotopic (exact) mass is 439 g/mol. The Balaban J connectivity index is 1.32. The second kappa shape index (κ2) is 12.0. The van der Waals surface area contributed by atoms with Crippen LogP contribution in [0.2, 0.25) is 0 Å². The Hall–Kier alpha value is -3.20. The predicted molar refractivity (Wildman–Crippen MR) is 126 cm³/mol. The maximum absolute atomic E-state index is 12.3. The van der Waals surface area contributed by atoms with E-state index in [1.807, 2.05) is 19.9 Å². The number of benzene rings is 1. The van der Waals surface area contributed by atoms with Crippen molar-refractivity contribution < 1.29 is 9.59 Å². The lowest BCUT2D eigenvalue weighted by molar-refractivity contribution is 0.0773. The summed E-state index contributed by atoms with van der Waals surface area (Å²) in [6.07, 6.45) is 4.42. The van der Waals surface area contributed by atoms with Crippen LogP contribution < -0.4 is 15.5 Å². The van der Waals surface area contributed by atoms with Crippen LogP contribution in [-0.4, -0.2) is 84.1 Å². The lowest BCUT2D eigenvalue weighted by Gasteiger charge is -2.34. The molecular weight excluding hydrogens is 406 g/mol. The third kappa shape index (κ3) is 6.65. The smallest absolute Gasteiger partial charge is 0.319 e. The molecule has 1 saturated heterocycles. The third-order valence-corrected chi connectivity index (χ3v) is 5.58. The van der Waals surface area contributed by atoms with Gasteiger partial charge in [-0.15, -0.1) is 0 Å². The number of urea groups is 1. The van der Waals surface area contributed by atoms with E-state index in [1.165, 1.54) is 0 Å². The van der Waals surface area contributed by atoms with E-state index in [2.05, 4.69) is 30.4 Å². The van der Waals surface area contributed by atoms with Gasteiger partial charge in [0.2, 0.25) is 5.95 Å². The quantitative estimate of drug-likeness (QED) is 0.583. The summed E-state index contributed by atoms with van der Waals surface area (Å²) in [5.41, 5.74) is 1.29. The number of hydrogen-bond donors (Lipinski definition) is 2. The Morgan fingerprint density at radius 1 is 1.00 bits per heavy atom.